The molecule has 0 aromatic carbocycles. The van der Waals surface area contributed by atoms with E-state index >= 15 is 0 Å². The molecular weight excluding hydrogens is 152 g/mol. The third kappa shape index (κ3) is 2.21. The molecule has 2 rings (SSSR count). The van der Waals surface area contributed by atoms with E-state index in [2.05, 4.69) is 4.90 Å². The van der Waals surface area contributed by atoms with Gasteiger partial charge in [-0.3, -0.25) is 9.69 Å². The second-order valence-corrected chi connectivity index (χ2v) is 4.07. The molecule has 0 unspecified atom stereocenters. The molecular formula is C9H16N2O. The highest BCUT2D eigenvalue weighted by Crippen LogP contribution is 2.34. The SMILES string of the molecule is NC(=O)CN(CC1CC1)C1CC1. The van der Waals surface area contributed by atoms with Gasteiger partial charge in [0.05, 0.1) is 6.54 Å². The fraction of sp³-hybridized carbons (Fsp3) is 0.889. The zero-order valence-electron chi connectivity index (χ0n) is 7.33. The summed E-state index contributed by atoms with van der Waals surface area (Å²) in [5.41, 5.74) is 5.17. The minimum absolute atomic E-state index is 0.178. The summed E-state index contributed by atoms with van der Waals surface area (Å²) in [6.45, 7) is 1.58. The lowest BCUT2D eigenvalue weighted by molar-refractivity contribution is -0.119. The van der Waals surface area contributed by atoms with Crippen LogP contribution < -0.4 is 5.73 Å². The lowest BCUT2D eigenvalue weighted by atomic mass is 10.3. The summed E-state index contributed by atoms with van der Waals surface area (Å²) in [6, 6.07) is 0.679. The van der Waals surface area contributed by atoms with Crippen molar-refractivity contribution in [3.05, 3.63) is 0 Å². The fourth-order valence-corrected chi connectivity index (χ4v) is 1.61. The Balaban J connectivity index is 1.78. The maximum Gasteiger partial charge on any atom is 0.231 e. The Labute approximate surface area is 72.9 Å². The Morgan fingerprint density at radius 2 is 2.00 bits per heavy atom. The maximum atomic E-state index is 10.7. The number of amides is 1. The van der Waals surface area contributed by atoms with Crippen molar-refractivity contribution >= 4 is 5.91 Å². The van der Waals surface area contributed by atoms with Crippen molar-refractivity contribution in [2.75, 3.05) is 13.1 Å². The quantitative estimate of drug-likeness (QED) is 0.643. The molecule has 12 heavy (non-hydrogen) atoms. The van der Waals surface area contributed by atoms with Crippen LogP contribution in [0.1, 0.15) is 25.7 Å². The largest absolute Gasteiger partial charge is 0.369 e. The Kier molecular flexibility index (Phi) is 2.05. The number of carbonyl (C=O) groups is 1. The third-order valence-electron chi connectivity index (χ3n) is 2.61. The number of nitrogens with two attached hydrogens (primary N) is 1. The van der Waals surface area contributed by atoms with Crippen LogP contribution in [0.2, 0.25) is 0 Å². The van der Waals surface area contributed by atoms with Crippen molar-refractivity contribution < 1.29 is 4.79 Å². The lowest BCUT2D eigenvalue weighted by Crippen LogP contribution is -2.36. The molecule has 68 valence electrons. The van der Waals surface area contributed by atoms with Crippen LogP contribution in [0.15, 0.2) is 0 Å². The number of rotatable bonds is 5. The van der Waals surface area contributed by atoms with E-state index < -0.39 is 0 Å². The molecule has 0 heterocycles. The molecule has 0 aromatic rings. The summed E-state index contributed by atoms with van der Waals surface area (Å²) in [5, 5.41) is 0. The highest BCUT2D eigenvalue weighted by Gasteiger charge is 2.33. The number of hydrogen-bond acceptors (Lipinski definition) is 2. The van der Waals surface area contributed by atoms with Crippen molar-refractivity contribution in [3.8, 4) is 0 Å². The number of hydrogen-bond donors (Lipinski definition) is 1. The number of nitrogens with zero attached hydrogens (tertiary/aromatic N) is 1. The van der Waals surface area contributed by atoms with E-state index in [4.69, 9.17) is 5.73 Å². The summed E-state index contributed by atoms with van der Waals surface area (Å²) in [4.78, 5) is 13.0. The Bertz CT molecular complexity index is 185. The van der Waals surface area contributed by atoms with Gasteiger partial charge in [0.2, 0.25) is 5.91 Å². The average molecular weight is 168 g/mol. The second-order valence-electron chi connectivity index (χ2n) is 4.07. The Morgan fingerprint density at radius 1 is 1.33 bits per heavy atom. The first-order valence-electron chi connectivity index (χ1n) is 4.78. The highest BCUT2D eigenvalue weighted by atomic mass is 16.1. The predicted octanol–water partition coefficient (Wildman–Crippen LogP) is 0.346. The first-order chi connectivity index (χ1) is 5.75. The third-order valence-corrected chi connectivity index (χ3v) is 2.61. The summed E-state index contributed by atoms with van der Waals surface area (Å²) in [6.07, 6.45) is 5.23. The minimum Gasteiger partial charge on any atom is -0.369 e. The van der Waals surface area contributed by atoms with Crippen molar-refractivity contribution in [2.45, 2.75) is 31.7 Å². The summed E-state index contributed by atoms with van der Waals surface area (Å²) >= 11 is 0. The van der Waals surface area contributed by atoms with Crippen LogP contribution in [-0.4, -0.2) is 29.9 Å². The molecule has 0 spiro atoms. The van der Waals surface area contributed by atoms with Crippen LogP contribution in [0, 0.1) is 5.92 Å². The zero-order chi connectivity index (χ0) is 8.55. The van der Waals surface area contributed by atoms with Gasteiger partial charge in [0.1, 0.15) is 0 Å². The first-order valence-corrected chi connectivity index (χ1v) is 4.78. The molecule has 0 atom stereocenters. The summed E-state index contributed by atoms with van der Waals surface area (Å²) < 4.78 is 0. The van der Waals surface area contributed by atoms with Crippen molar-refractivity contribution in [3.63, 3.8) is 0 Å². The fourth-order valence-electron chi connectivity index (χ4n) is 1.61. The van der Waals surface area contributed by atoms with Crippen LogP contribution in [0.25, 0.3) is 0 Å². The number of carbonyl (C=O) groups excluding carboxylic acids is 1. The van der Waals surface area contributed by atoms with Gasteiger partial charge >= 0.3 is 0 Å². The van der Waals surface area contributed by atoms with E-state index in [0.717, 1.165) is 12.5 Å². The van der Waals surface area contributed by atoms with E-state index in [1.54, 1.807) is 0 Å². The molecule has 0 saturated heterocycles. The van der Waals surface area contributed by atoms with Crippen LogP contribution in [-0.2, 0) is 4.79 Å². The number of primary amides is 1. The first kappa shape index (κ1) is 8.05. The predicted molar refractivity (Wildman–Crippen MR) is 46.5 cm³/mol. The topological polar surface area (TPSA) is 46.3 Å². The van der Waals surface area contributed by atoms with Crippen LogP contribution >= 0.6 is 0 Å². The molecule has 2 fully saturated rings. The van der Waals surface area contributed by atoms with Gasteiger partial charge < -0.3 is 5.73 Å². The van der Waals surface area contributed by atoms with Gasteiger partial charge in [0.15, 0.2) is 0 Å². The lowest BCUT2D eigenvalue weighted by Gasteiger charge is -2.19. The molecule has 2 aliphatic carbocycles. The van der Waals surface area contributed by atoms with E-state index in [-0.39, 0.29) is 5.91 Å². The average Bonchev–Trinajstić information content (AvgIpc) is 2.82. The van der Waals surface area contributed by atoms with Gasteiger partial charge in [-0.05, 0) is 31.6 Å². The van der Waals surface area contributed by atoms with E-state index in [9.17, 15) is 4.79 Å². The van der Waals surface area contributed by atoms with Crippen LogP contribution in [0.3, 0.4) is 0 Å². The van der Waals surface area contributed by atoms with E-state index in [0.29, 0.717) is 12.6 Å². The molecule has 0 aromatic heterocycles. The molecule has 3 heteroatoms. The summed E-state index contributed by atoms with van der Waals surface area (Å²) in [5.74, 6) is 0.688. The van der Waals surface area contributed by atoms with Crippen molar-refractivity contribution in [2.24, 2.45) is 11.7 Å². The van der Waals surface area contributed by atoms with Gasteiger partial charge in [-0.25, -0.2) is 0 Å². The van der Waals surface area contributed by atoms with E-state index in [1.807, 2.05) is 0 Å². The van der Waals surface area contributed by atoms with Crippen molar-refractivity contribution in [1.82, 2.24) is 4.90 Å². The van der Waals surface area contributed by atoms with Crippen molar-refractivity contribution in [1.29, 1.82) is 0 Å². The highest BCUT2D eigenvalue weighted by molar-refractivity contribution is 5.76. The normalized spacial score (nSPS) is 23.1. The molecule has 2 N–H and O–H groups in total. The Hall–Kier alpha value is -0.570. The standard InChI is InChI=1S/C9H16N2O/c10-9(12)6-11(8-3-4-8)5-7-1-2-7/h7-8H,1-6H2,(H2,10,12). The molecule has 2 saturated carbocycles. The maximum absolute atomic E-state index is 10.7. The van der Waals surface area contributed by atoms with Gasteiger partial charge in [-0.15, -0.1) is 0 Å². The molecule has 2 aliphatic rings. The molecule has 0 aliphatic heterocycles. The molecule has 0 radical (unpaired) electrons. The smallest absolute Gasteiger partial charge is 0.231 e. The molecule has 0 bridgehead atoms. The van der Waals surface area contributed by atoms with Gasteiger partial charge in [0, 0.05) is 12.6 Å². The van der Waals surface area contributed by atoms with Crippen LogP contribution in [0.5, 0.6) is 0 Å². The molecule has 3 nitrogen and oxygen atoms in total. The monoisotopic (exact) mass is 168 g/mol. The summed E-state index contributed by atoms with van der Waals surface area (Å²) in [7, 11) is 0. The zero-order valence-corrected chi connectivity index (χ0v) is 7.33. The second kappa shape index (κ2) is 3.05. The van der Waals surface area contributed by atoms with Gasteiger partial charge in [-0.1, -0.05) is 0 Å². The van der Waals surface area contributed by atoms with Gasteiger partial charge in [-0.2, -0.15) is 0 Å². The minimum atomic E-state index is -0.178. The van der Waals surface area contributed by atoms with E-state index in [1.165, 1.54) is 25.7 Å². The van der Waals surface area contributed by atoms with Crippen LogP contribution in [0.4, 0.5) is 0 Å². The Morgan fingerprint density at radius 3 is 2.42 bits per heavy atom. The molecule has 1 amide bonds. The van der Waals surface area contributed by atoms with Gasteiger partial charge in [0.25, 0.3) is 0 Å².